The second-order valence-electron chi connectivity index (χ2n) is 6.89. The van der Waals surface area contributed by atoms with Crippen molar-refractivity contribution in [3.8, 4) is 0 Å². The molecular weight excluding hydrogens is 348 g/mol. The molecular formula is C21H32O4S. The minimum Gasteiger partial charge on any atom is -0.469 e. The standard InChI is InChI=1S/C21H32O4S/c1-3-4-7-10-16(22)13-14-18-17(19(23)15-20(18)26)11-8-5-6-9-12-21(24)25-2/h5,8,15,17-18,26H,3-4,6-7,9-14H2,1-2H3/b8-5+. The van der Waals surface area contributed by atoms with Gasteiger partial charge in [0.1, 0.15) is 5.78 Å². The molecule has 0 aliphatic heterocycles. The highest BCUT2D eigenvalue weighted by Gasteiger charge is 2.33. The van der Waals surface area contributed by atoms with Gasteiger partial charge in [0.05, 0.1) is 7.11 Å². The van der Waals surface area contributed by atoms with Gasteiger partial charge in [-0.3, -0.25) is 14.4 Å². The van der Waals surface area contributed by atoms with Crippen molar-refractivity contribution in [2.45, 2.75) is 71.1 Å². The first-order valence-corrected chi connectivity index (χ1v) is 10.1. The Morgan fingerprint density at radius 1 is 1.12 bits per heavy atom. The van der Waals surface area contributed by atoms with Crippen LogP contribution in [0.3, 0.4) is 0 Å². The fraction of sp³-hybridized carbons (Fsp3) is 0.667. The summed E-state index contributed by atoms with van der Waals surface area (Å²) in [6.45, 7) is 2.13. The van der Waals surface area contributed by atoms with Crippen LogP contribution in [0, 0.1) is 11.8 Å². The molecule has 1 rings (SSSR count). The summed E-state index contributed by atoms with van der Waals surface area (Å²) in [6.07, 6.45) is 13.3. The van der Waals surface area contributed by atoms with Gasteiger partial charge in [-0.15, -0.1) is 12.6 Å². The summed E-state index contributed by atoms with van der Waals surface area (Å²) in [5.41, 5.74) is 0. The van der Waals surface area contributed by atoms with E-state index >= 15 is 0 Å². The van der Waals surface area contributed by atoms with E-state index in [4.69, 9.17) is 0 Å². The van der Waals surface area contributed by atoms with E-state index in [-0.39, 0.29) is 29.4 Å². The Labute approximate surface area is 162 Å². The number of rotatable bonds is 13. The molecule has 0 spiro atoms. The van der Waals surface area contributed by atoms with Gasteiger partial charge in [-0.2, -0.15) is 0 Å². The lowest BCUT2D eigenvalue weighted by Gasteiger charge is -2.18. The number of allylic oxidation sites excluding steroid dienone is 4. The van der Waals surface area contributed by atoms with E-state index in [0.717, 1.165) is 37.0 Å². The number of esters is 1. The van der Waals surface area contributed by atoms with Gasteiger partial charge in [0.25, 0.3) is 0 Å². The van der Waals surface area contributed by atoms with Crippen LogP contribution in [0.25, 0.3) is 0 Å². The minimum atomic E-state index is -0.197. The number of Topliss-reactive ketones (excluding diaryl/α,β-unsaturated/α-hetero) is 1. The Morgan fingerprint density at radius 3 is 2.58 bits per heavy atom. The lowest BCUT2D eigenvalue weighted by Crippen LogP contribution is -2.17. The summed E-state index contributed by atoms with van der Waals surface area (Å²) in [4.78, 5) is 36.1. The smallest absolute Gasteiger partial charge is 0.305 e. The largest absolute Gasteiger partial charge is 0.469 e. The van der Waals surface area contributed by atoms with Crippen LogP contribution in [0.2, 0.25) is 0 Å². The van der Waals surface area contributed by atoms with Crippen LogP contribution in [0.1, 0.15) is 71.1 Å². The first kappa shape index (κ1) is 22.7. The number of thiol groups is 1. The topological polar surface area (TPSA) is 60.4 Å². The molecule has 0 heterocycles. The lowest BCUT2D eigenvalue weighted by molar-refractivity contribution is -0.140. The van der Waals surface area contributed by atoms with Gasteiger partial charge < -0.3 is 4.74 Å². The third kappa shape index (κ3) is 8.35. The first-order chi connectivity index (χ1) is 12.5. The number of methoxy groups -OCH3 is 1. The van der Waals surface area contributed by atoms with E-state index in [0.29, 0.717) is 32.1 Å². The molecule has 4 nitrogen and oxygen atoms in total. The zero-order valence-electron chi connectivity index (χ0n) is 16.0. The van der Waals surface area contributed by atoms with Gasteiger partial charge in [0.15, 0.2) is 5.78 Å². The molecule has 0 radical (unpaired) electrons. The Morgan fingerprint density at radius 2 is 1.88 bits per heavy atom. The van der Waals surface area contributed by atoms with E-state index in [1.165, 1.54) is 7.11 Å². The van der Waals surface area contributed by atoms with Gasteiger partial charge in [0.2, 0.25) is 0 Å². The summed E-state index contributed by atoms with van der Waals surface area (Å²) in [5, 5.41) is 0. The number of carbonyl (C=O) groups excluding carboxylic acids is 3. The fourth-order valence-electron chi connectivity index (χ4n) is 3.23. The molecule has 0 saturated heterocycles. The van der Waals surface area contributed by atoms with E-state index in [9.17, 15) is 14.4 Å². The van der Waals surface area contributed by atoms with Crippen molar-refractivity contribution >= 4 is 30.2 Å². The van der Waals surface area contributed by atoms with E-state index in [2.05, 4.69) is 24.3 Å². The molecule has 0 fully saturated rings. The quantitative estimate of drug-likeness (QED) is 0.215. The molecule has 0 aromatic rings. The maximum atomic E-state index is 12.2. The van der Waals surface area contributed by atoms with Crippen molar-refractivity contribution in [3.05, 3.63) is 23.1 Å². The minimum absolute atomic E-state index is 0.0562. The molecule has 1 aliphatic rings. The Kier molecular flexibility index (Phi) is 11.3. The zero-order valence-corrected chi connectivity index (χ0v) is 16.9. The van der Waals surface area contributed by atoms with Crippen LogP contribution in [0.4, 0.5) is 0 Å². The third-order valence-corrected chi connectivity index (χ3v) is 5.31. The SMILES string of the molecule is CCCCCC(=O)CCC1C(S)=CC(=O)C1C/C=C/CCCC(=O)OC. The van der Waals surface area contributed by atoms with Crippen LogP contribution < -0.4 is 0 Å². The maximum absolute atomic E-state index is 12.2. The molecule has 0 aromatic heterocycles. The molecule has 0 aromatic carbocycles. The number of ether oxygens (including phenoxy) is 1. The van der Waals surface area contributed by atoms with Crippen molar-refractivity contribution in [3.63, 3.8) is 0 Å². The summed E-state index contributed by atoms with van der Waals surface area (Å²) >= 11 is 4.46. The van der Waals surface area contributed by atoms with Crippen molar-refractivity contribution < 1.29 is 19.1 Å². The molecule has 146 valence electrons. The van der Waals surface area contributed by atoms with Crippen molar-refractivity contribution in [1.82, 2.24) is 0 Å². The number of hydrogen-bond donors (Lipinski definition) is 1. The second kappa shape index (κ2) is 12.9. The van der Waals surface area contributed by atoms with E-state index < -0.39 is 0 Å². The summed E-state index contributed by atoms with van der Waals surface area (Å²) in [7, 11) is 1.39. The number of hydrogen-bond acceptors (Lipinski definition) is 5. The van der Waals surface area contributed by atoms with Crippen LogP contribution in [0.15, 0.2) is 23.1 Å². The Balaban J connectivity index is 2.39. The molecule has 0 amide bonds. The molecule has 5 heteroatoms. The van der Waals surface area contributed by atoms with E-state index in [1.807, 2.05) is 12.2 Å². The highest BCUT2D eigenvalue weighted by molar-refractivity contribution is 7.84. The highest BCUT2D eigenvalue weighted by atomic mass is 32.1. The number of carbonyl (C=O) groups is 3. The Hall–Kier alpha value is -1.36. The molecule has 0 bridgehead atoms. The molecule has 2 atom stereocenters. The van der Waals surface area contributed by atoms with E-state index in [1.54, 1.807) is 6.08 Å². The van der Waals surface area contributed by atoms with Gasteiger partial charge >= 0.3 is 5.97 Å². The normalized spacial score (nSPS) is 19.8. The van der Waals surface area contributed by atoms with Gasteiger partial charge in [0, 0.05) is 31.1 Å². The van der Waals surface area contributed by atoms with Crippen LogP contribution in [-0.2, 0) is 19.1 Å². The maximum Gasteiger partial charge on any atom is 0.305 e. The predicted octanol–water partition coefficient (Wildman–Crippen LogP) is 4.83. The molecule has 1 aliphatic carbocycles. The zero-order chi connectivity index (χ0) is 19.4. The lowest BCUT2D eigenvalue weighted by atomic mass is 9.87. The van der Waals surface area contributed by atoms with Gasteiger partial charge in [-0.05, 0) is 43.1 Å². The average Bonchev–Trinajstić information content (AvgIpc) is 2.89. The summed E-state index contributed by atoms with van der Waals surface area (Å²) in [6, 6.07) is 0. The predicted molar refractivity (Wildman–Crippen MR) is 107 cm³/mol. The molecule has 26 heavy (non-hydrogen) atoms. The van der Waals surface area contributed by atoms with Crippen molar-refractivity contribution in [2.75, 3.05) is 7.11 Å². The van der Waals surface area contributed by atoms with Crippen LogP contribution in [-0.4, -0.2) is 24.6 Å². The van der Waals surface area contributed by atoms with Crippen molar-refractivity contribution in [1.29, 1.82) is 0 Å². The first-order valence-electron chi connectivity index (χ1n) is 9.67. The monoisotopic (exact) mass is 380 g/mol. The number of unbranched alkanes of at least 4 members (excludes halogenated alkanes) is 3. The second-order valence-corrected chi connectivity index (χ2v) is 7.41. The average molecular weight is 381 g/mol. The molecule has 0 N–H and O–H groups in total. The number of ketones is 2. The summed E-state index contributed by atoms with van der Waals surface area (Å²) in [5.74, 6) is 0.147. The highest BCUT2D eigenvalue weighted by Crippen LogP contribution is 2.37. The fourth-order valence-corrected chi connectivity index (χ4v) is 3.67. The third-order valence-electron chi connectivity index (χ3n) is 4.85. The van der Waals surface area contributed by atoms with Gasteiger partial charge in [-0.25, -0.2) is 0 Å². The summed E-state index contributed by atoms with van der Waals surface area (Å²) < 4.78 is 4.60. The molecule has 2 unspecified atom stereocenters. The molecule has 0 saturated carbocycles. The van der Waals surface area contributed by atoms with Crippen LogP contribution in [0.5, 0.6) is 0 Å². The van der Waals surface area contributed by atoms with Crippen LogP contribution >= 0.6 is 12.6 Å². The van der Waals surface area contributed by atoms with Gasteiger partial charge in [-0.1, -0.05) is 31.9 Å². The Bertz CT molecular complexity index is 536. The van der Waals surface area contributed by atoms with Crippen molar-refractivity contribution in [2.24, 2.45) is 11.8 Å².